The maximum Gasteiger partial charge on any atom is 0.228 e. The summed E-state index contributed by atoms with van der Waals surface area (Å²) in [5.41, 5.74) is 3.08. The smallest absolute Gasteiger partial charge is 0.228 e. The van der Waals surface area contributed by atoms with Crippen LogP contribution in [0.2, 0.25) is 0 Å². The number of benzene rings is 2. The van der Waals surface area contributed by atoms with Gasteiger partial charge in [-0.3, -0.25) is 14.5 Å². The average molecular weight is 585 g/mol. The van der Waals surface area contributed by atoms with E-state index in [0.29, 0.717) is 33.8 Å². The van der Waals surface area contributed by atoms with Gasteiger partial charge < -0.3 is 10.1 Å². The molecule has 0 aliphatic heterocycles. The quantitative estimate of drug-likeness (QED) is 0.243. The zero-order valence-corrected chi connectivity index (χ0v) is 24.9. The van der Waals surface area contributed by atoms with E-state index in [1.165, 1.54) is 6.20 Å². The third-order valence-corrected chi connectivity index (χ3v) is 8.94. The molecule has 0 radical (unpaired) electrons. The Morgan fingerprint density at radius 3 is 2.55 bits per heavy atom. The number of carbonyl (C=O) groups excluding carboxylic acids is 1. The predicted molar refractivity (Wildman–Crippen MR) is 160 cm³/mol. The van der Waals surface area contributed by atoms with Crippen molar-refractivity contribution in [3.8, 4) is 11.5 Å². The van der Waals surface area contributed by atoms with Gasteiger partial charge in [-0.15, -0.1) is 0 Å². The molecule has 0 aliphatic carbocycles. The lowest BCUT2D eigenvalue weighted by molar-refractivity contribution is -0.115. The number of amides is 1. The first-order chi connectivity index (χ1) is 19.9. The number of sulfone groups is 1. The number of aromatic nitrogens is 5. The number of anilines is 1. The average Bonchev–Trinajstić information content (AvgIpc) is 3.43. The van der Waals surface area contributed by atoms with Crippen molar-refractivity contribution < 1.29 is 17.9 Å². The number of hydrogen-bond acceptors (Lipinski definition) is 8. The number of pyridine rings is 1. The van der Waals surface area contributed by atoms with Crippen LogP contribution in [0.4, 0.5) is 5.69 Å². The van der Waals surface area contributed by atoms with E-state index in [-0.39, 0.29) is 22.8 Å². The number of rotatable bonds is 8. The summed E-state index contributed by atoms with van der Waals surface area (Å²) in [4.78, 5) is 17.2. The maximum atomic E-state index is 13.4. The third-order valence-electron chi connectivity index (χ3n) is 6.85. The maximum absolute atomic E-state index is 13.4. The number of fused-ring (bicyclic) bond motifs is 1. The molecule has 0 unspecified atom stereocenters. The number of carbonyl (C=O) groups is 1. The van der Waals surface area contributed by atoms with E-state index in [1.807, 2.05) is 46.0 Å². The van der Waals surface area contributed by atoms with E-state index in [2.05, 4.69) is 25.6 Å². The summed E-state index contributed by atoms with van der Waals surface area (Å²) in [6, 6.07) is 15.3. The summed E-state index contributed by atoms with van der Waals surface area (Å²) >= 11 is 0. The van der Waals surface area contributed by atoms with Crippen LogP contribution in [0.5, 0.6) is 11.5 Å². The van der Waals surface area contributed by atoms with Crippen LogP contribution in [0.3, 0.4) is 0 Å². The van der Waals surface area contributed by atoms with E-state index in [9.17, 15) is 13.2 Å². The highest BCUT2D eigenvalue weighted by molar-refractivity contribution is 7.91. The van der Waals surface area contributed by atoms with Gasteiger partial charge in [0.25, 0.3) is 0 Å². The summed E-state index contributed by atoms with van der Waals surface area (Å²) in [5, 5.41) is 14.7. The Bertz CT molecular complexity index is 1860. The highest BCUT2D eigenvalue weighted by atomic mass is 32.2. The lowest BCUT2D eigenvalue weighted by Crippen LogP contribution is -2.22. The van der Waals surface area contributed by atoms with Gasteiger partial charge in [0.1, 0.15) is 16.7 Å². The minimum atomic E-state index is -3.76. The second-order valence-corrected chi connectivity index (χ2v) is 13.4. The van der Waals surface area contributed by atoms with Gasteiger partial charge in [-0.2, -0.15) is 15.3 Å². The van der Waals surface area contributed by atoms with Crippen molar-refractivity contribution in [3.05, 3.63) is 96.2 Å². The topological polar surface area (TPSA) is 129 Å². The summed E-state index contributed by atoms with van der Waals surface area (Å²) in [7, 11) is -3.76. The fraction of sp³-hybridized carbons (Fsp3) is 0.258. The van der Waals surface area contributed by atoms with Crippen molar-refractivity contribution in [3.63, 3.8) is 0 Å². The molecule has 1 N–H and O–H groups in total. The highest BCUT2D eigenvalue weighted by Gasteiger charge is 2.27. The van der Waals surface area contributed by atoms with Crippen LogP contribution in [0.15, 0.2) is 84.3 Å². The van der Waals surface area contributed by atoms with Crippen molar-refractivity contribution in [2.45, 2.75) is 56.7 Å². The first-order valence-corrected chi connectivity index (χ1v) is 15.0. The Morgan fingerprint density at radius 2 is 1.86 bits per heavy atom. The highest BCUT2D eigenvalue weighted by Crippen LogP contribution is 2.35. The van der Waals surface area contributed by atoms with Crippen molar-refractivity contribution >= 4 is 32.3 Å². The van der Waals surface area contributed by atoms with Gasteiger partial charge in [-0.25, -0.2) is 8.42 Å². The van der Waals surface area contributed by atoms with E-state index in [0.717, 1.165) is 11.1 Å². The molecule has 11 heteroatoms. The molecule has 0 fully saturated rings. The molecule has 0 saturated heterocycles. The van der Waals surface area contributed by atoms with Crippen LogP contribution in [0, 0.1) is 6.92 Å². The molecule has 0 spiro atoms. The minimum absolute atomic E-state index is 0.136. The van der Waals surface area contributed by atoms with Crippen LogP contribution in [0.25, 0.3) is 10.9 Å². The van der Waals surface area contributed by atoms with Gasteiger partial charge >= 0.3 is 0 Å². The van der Waals surface area contributed by atoms with Gasteiger partial charge in [0.2, 0.25) is 5.91 Å². The molecule has 1 atom stereocenters. The van der Waals surface area contributed by atoms with Gasteiger partial charge in [0.05, 0.1) is 40.0 Å². The molecule has 42 heavy (non-hydrogen) atoms. The fourth-order valence-corrected chi connectivity index (χ4v) is 5.85. The summed E-state index contributed by atoms with van der Waals surface area (Å²) in [6.07, 6.45) is 6.75. The number of nitrogens with one attached hydrogen (secondary N) is 1. The summed E-state index contributed by atoms with van der Waals surface area (Å²) in [5.74, 6) is 0.897. The van der Waals surface area contributed by atoms with Crippen LogP contribution < -0.4 is 10.1 Å². The number of nitrogens with zero attached hydrogens (tertiary/aromatic N) is 5. The second kappa shape index (κ2) is 11.3. The van der Waals surface area contributed by atoms with Crippen molar-refractivity contribution in [2.24, 2.45) is 0 Å². The first kappa shape index (κ1) is 28.9. The van der Waals surface area contributed by atoms with Crippen molar-refractivity contribution in [1.82, 2.24) is 25.0 Å². The Hall–Kier alpha value is -4.64. The molecule has 5 rings (SSSR count). The Kier molecular flexibility index (Phi) is 7.79. The molecule has 0 bridgehead atoms. The molecule has 10 nitrogen and oxygen atoms in total. The molecule has 1 amide bonds. The summed E-state index contributed by atoms with van der Waals surface area (Å²) < 4.78 is 34.9. The van der Waals surface area contributed by atoms with Crippen LogP contribution in [-0.4, -0.2) is 39.3 Å². The second-order valence-electron chi connectivity index (χ2n) is 11.1. The van der Waals surface area contributed by atoms with Crippen molar-refractivity contribution in [2.75, 3.05) is 5.32 Å². The Morgan fingerprint density at radius 1 is 1.05 bits per heavy atom. The molecule has 3 aromatic heterocycles. The molecule has 2 aromatic carbocycles. The molecule has 5 aromatic rings. The summed E-state index contributed by atoms with van der Waals surface area (Å²) in [6.45, 7) is 9.60. The molecule has 3 heterocycles. The van der Waals surface area contributed by atoms with Crippen LogP contribution in [-0.2, 0) is 26.6 Å². The van der Waals surface area contributed by atoms with Crippen molar-refractivity contribution in [1.29, 1.82) is 0 Å². The lowest BCUT2D eigenvalue weighted by atomic mass is 10.1. The molecular weight excluding hydrogens is 552 g/mol. The zero-order valence-electron chi connectivity index (χ0n) is 24.1. The fourth-order valence-electron chi connectivity index (χ4n) is 4.46. The third kappa shape index (κ3) is 6.15. The number of hydrogen-bond donors (Lipinski definition) is 1. The first-order valence-electron chi connectivity index (χ1n) is 13.4. The SMILES string of the molecule is Cc1cc(CC(=O)Nc2cnn(C(C)(C)C)c2)ccc1Oc1ccnc2ccc(S(=O)(=O)[C@@H](C)c3cccnn3)cc12. The van der Waals surface area contributed by atoms with Gasteiger partial charge in [-0.05, 0) is 88.2 Å². The van der Waals surface area contributed by atoms with E-state index < -0.39 is 15.1 Å². The molecular formula is C31H32N6O4S. The van der Waals surface area contributed by atoms with Gasteiger partial charge in [0.15, 0.2) is 9.84 Å². The monoisotopic (exact) mass is 584 g/mol. The van der Waals surface area contributed by atoms with Gasteiger partial charge in [-0.1, -0.05) is 12.1 Å². The number of aryl methyl sites for hydroxylation is 1. The molecule has 0 saturated carbocycles. The van der Waals surface area contributed by atoms with Gasteiger partial charge in [0, 0.05) is 24.0 Å². The Labute approximate surface area is 244 Å². The van der Waals surface area contributed by atoms with Crippen LogP contribution >= 0.6 is 0 Å². The van der Waals surface area contributed by atoms with Crippen LogP contribution in [0.1, 0.15) is 49.8 Å². The number of ether oxygens (including phenoxy) is 1. The van der Waals surface area contributed by atoms with E-state index in [4.69, 9.17) is 4.74 Å². The molecule has 0 aliphatic rings. The standard InChI is InChI=1S/C31H32N6O4S/c1-20-15-22(16-30(38)35-23-18-34-37(19-23)31(3,4)5)8-11-28(20)41-29-12-14-32-27-10-9-24(17-25(27)29)42(39,40)21(2)26-7-6-13-33-36-26/h6-15,17-19,21H,16H2,1-5H3,(H,35,38)/t21-/m0/s1. The van der Waals surface area contributed by atoms with E-state index >= 15 is 0 Å². The largest absolute Gasteiger partial charge is 0.456 e. The lowest BCUT2D eigenvalue weighted by Gasteiger charge is -2.18. The Balaban J connectivity index is 1.34. The predicted octanol–water partition coefficient (Wildman–Crippen LogP) is 5.79. The minimum Gasteiger partial charge on any atom is -0.456 e. The zero-order chi connectivity index (χ0) is 30.1. The van der Waals surface area contributed by atoms with E-state index in [1.54, 1.807) is 66.5 Å². The molecule has 216 valence electrons. The normalized spacial score (nSPS) is 12.7.